The Kier molecular flexibility index (Phi) is 4.42. The van der Waals surface area contributed by atoms with Gasteiger partial charge in [-0.3, -0.25) is 9.36 Å². The highest BCUT2D eigenvalue weighted by Crippen LogP contribution is 2.22. The van der Waals surface area contributed by atoms with Crippen molar-refractivity contribution >= 4 is 16.9 Å². The summed E-state index contributed by atoms with van der Waals surface area (Å²) in [6.07, 6.45) is 3.81. The average Bonchev–Trinajstić information content (AvgIpc) is 2.72. The fourth-order valence-electron chi connectivity index (χ4n) is 2.63. The van der Waals surface area contributed by atoms with Crippen molar-refractivity contribution in [2.75, 3.05) is 0 Å². The lowest BCUT2D eigenvalue weighted by Gasteiger charge is -2.13. The molecular weight excluding hydrogens is 254 g/mol. The maximum absolute atomic E-state index is 12.5. The van der Waals surface area contributed by atoms with Gasteiger partial charge in [0.25, 0.3) is 0 Å². The normalized spacial score (nSPS) is 11.4. The molecule has 0 amide bonds. The number of Topliss-reactive ketones (excluding diaryl/α,β-unsaturated/α-hetero) is 1. The monoisotopic (exact) mass is 275 g/mol. The molecule has 2 rings (SSSR count). The first-order valence-electron chi connectivity index (χ1n) is 7.22. The lowest BCUT2D eigenvalue weighted by molar-refractivity contribution is 0.0905. The Morgan fingerprint density at radius 1 is 1.25 bits per heavy atom. The number of aromatic nitrogens is 1. The number of benzene rings is 1. The highest BCUT2D eigenvalue weighted by molar-refractivity contribution is 6.00. The number of ketones is 1. The Bertz CT molecular complexity index is 660. The number of fused-ring (bicyclic) bond motifs is 1. The van der Waals surface area contributed by atoms with Crippen LogP contribution in [0.4, 0.5) is 0 Å². The third-order valence-corrected chi connectivity index (χ3v) is 3.72. The van der Waals surface area contributed by atoms with Gasteiger partial charge in [-0.1, -0.05) is 26.7 Å². The standard InChI is InChI=1S/C16H21NO3/c1-4-6-11(7-5-2)15(18)12-8-9-13-14(10-12)20-16(19)17(13)3/h8-11H,4-7H2,1-3H3. The van der Waals surface area contributed by atoms with Crippen molar-refractivity contribution in [1.29, 1.82) is 0 Å². The minimum Gasteiger partial charge on any atom is -0.408 e. The van der Waals surface area contributed by atoms with Gasteiger partial charge in [0.2, 0.25) is 0 Å². The summed E-state index contributed by atoms with van der Waals surface area (Å²) in [4.78, 5) is 24.0. The highest BCUT2D eigenvalue weighted by Gasteiger charge is 2.19. The van der Waals surface area contributed by atoms with Gasteiger partial charge < -0.3 is 4.42 Å². The minimum atomic E-state index is -0.400. The molecule has 0 atom stereocenters. The first kappa shape index (κ1) is 14.6. The third kappa shape index (κ3) is 2.69. The van der Waals surface area contributed by atoms with Crippen LogP contribution in [0.25, 0.3) is 11.1 Å². The van der Waals surface area contributed by atoms with Crippen LogP contribution in [0.1, 0.15) is 49.9 Å². The second kappa shape index (κ2) is 6.07. The molecule has 0 aliphatic carbocycles. The first-order valence-corrected chi connectivity index (χ1v) is 7.22. The summed E-state index contributed by atoms with van der Waals surface area (Å²) in [5.41, 5.74) is 1.84. The summed E-state index contributed by atoms with van der Waals surface area (Å²) in [5, 5.41) is 0. The van der Waals surface area contributed by atoms with Gasteiger partial charge in [-0.25, -0.2) is 4.79 Å². The van der Waals surface area contributed by atoms with Crippen molar-refractivity contribution in [2.24, 2.45) is 13.0 Å². The van der Waals surface area contributed by atoms with Crippen LogP contribution in [0.3, 0.4) is 0 Å². The number of nitrogens with zero attached hydrogens (tertiary/aromatic N) is 1. The van der Waals surface area contributed by atoms with E-state index in [0.29, 0.717) is 16.7 Å². The molecule has 0 saturated heterocycles. The predicted molar refractivity (Wildman–Crippen MR) is 79.1 cm³/mol. The number of hydrogen-bond donors (Lipinski definition) is 0. The molecule has 0 aliphatic rings. The number of oxazole rings is 1. The van der Waals surface area contributed by atoms with Crippen molar-refractivity contribution in [2.45, 2.75) is 39.5 Å². The molecule has 0 fully saturated rings. The summed E-state index contributed by atoms with van der Waals surface area (Å²) in [6.45, 7) is 4.19. The van der Waals surface area contributed by atoms with Crippen molar-refractivity contribution in [3.05, 3.63) is 34.3 Å². The Hall–Kier alpha value is -1.84. The summed E-state index contributed by atoms with van der Waals surface area (Å²) in [7, 11) is 1.66. The van der Waals surface area contributed by atoms with Gasteiger partial charge in [-0.2, -0.15) is 0 Å². The van der Waals surface area contributed by atoms with Gasteiger partial charge in [0.1, 0.15) is 0 Å². The van der Waals surface area contributed by atoms with Crippen LogP contribution in [0.5, 0.6) is 0 Å². The van der Waals surface area contributed by atoms with E-state index >= 15 is 0 Å². The highest BCUT2D eigenvalue weighted by atomic mass is 16.4. The Labute approximate surface area is 118 Å². The van der Waals surface area contributed by atoms with E-state index in [2.05, 4.69) is 13.8 Å². The predicted octanol–water partition coefficient (Wildman–Crippen LogP) is 3.53. The van der Waals surface area contributed by atoms with Crippen LogP contribution >= 0.6 is 0 Å². The molecule has 0 bridgehead atoms. The molecule has 108 valence electrons. The van der Waals surface area contributed by atoms with E-state index < -0.39 is 5.76 Å². The maximum Gasteiger partial charge on any atom is 0.419 e. The topological polar surface area (TPSA) is 52.2 Å². The van der Waals surface area contributed by atoms with Crippen LogP contribution in [0.2, 0.25) is 0 Å². The molecule has 0 saturated carbocycles. The summed E-state index contributed by atoms with van der Waals surface area (Å²) in [5.74, 6) is -0.178. The zero-order valence-corrected chi connectivity index (χ0v) is 12.3. The number of aryl methyl sites for hydroxylation is 1. The summed E-state index contributed by atoms with van der Waals surface area (Å²) >= 11 is 0. The molecule has 0 aliphatic heterocycles. The van der Waals surface area contributed by atoms with Crippen LogP contribution in [0, 0.1) is 5.92 Å². The zero-order chi connectivity index (χ0) is 14.7. The van der Waals surface area contributed by atoms with Gasteiger partial charge >= 0.3 is 5.76 Å². The lowest BCUT2D eigenvalue weighted by Crippen LogP contribution is -2.14. The van der Waals surface area contributed by atoms with E-state index in [9.17, 15) is 9.59 Å². The quantitative estimate of drug-likeness (QED) is 0.758. The Morgan fingerprint density at radius 2 is 1.90 bits per heavy atom. The zero-order valence-electron chi connectivity index (χ0n) is 12.3. The molecule has 2 aromatic rings. The van der Waals surface area contributed by atoms with Gasteiger partial charge in [0.05, 0.1) is 5.52 Å². The Morgan fingerprint density at radius 3 is 2.50 bits per heavy atom. The molecule has 0 spiro atoms. The fraction of sp³-hybridized carbons (Fsp3) is 0.500. The van der Waals surface area contributed by atoms with Crippen LogP contribution < -0.4 is 5.76 Å². The van der Waals surface area contributed by atoms with E-state index in [-0.39, 0.29) is 11.7 Å². The van der Waals surface area contributed by atoms with Crippen molar-refractivity contribution < 1.29 is 9.21 Å². The van der Waals surface area contributed by atoms with E-state index in [1.54, 1.807) is 25.2 Å². The summed E-state index contributed by atoms with van der Waals surface area (Å²) in [6, 6.07) is 5.26. The number of carbonyl (C=O) groups is 1. The molecule has 4 heteroatoms. The number of hydrogen-bond acceptors (Lipinski definition) is 3. The largest absolute Gasteiger partial charge is 0.419 e. The van der Waals surface area contributed by atoms with Crippen molar-refractivity contribution in [3.8, 4) is 0 Å². The second-order valence-electron chi connectivity index (χ2n) is 5.25. The molecule has 1 heterocycles. The molecular formula is C16H21NO3. The number of rotatable bonds is 6. The van der Waals surface area contributed by atoms with Gasteiger partial charge in [0, 0.05) is 18.5 Å². The molecule has 0 N–H and O–H groups in total. The minimum absolute atomic E-state index is 0.0675. The van der Waals surface area contributed by atoms with Crippen LogP contribution in [-0.2, 0) is 7.05 Å². The van der Waals surface area contributed by atoms with Crippen molar-refractivity contribution in [1.82, 2.24) is 4.57 Å². The number of carbonyl (C=O) groups excluding carboxylic acids is 1. The Balaban J connectivity index is 2.36. The first-order chi connectivity index (χ1) is 9.58. The van der Waals surface area contributed by atoms with Gasteiger partial charge in [-0.15, -0.1) is 0 Å². The third-order valence-electron chi connectivity index (χ3n) is 3.72. The second-order valence-corrected chi connectivity index (χ2v) is 5.25. The lowest BCUT2D eigenvalue weighted by atomic mass is 9.90. The van der Waals surface area contributed by atoms with E-state index in [1.807, 2.05) is 0 Å². The van der Waals surface area contributed by atoms with Gasteiger partial charge in [0.15, 0.2) is 11.4 Å². The maximum atomic E-state index is 12.5. The average molecular weight is 275 g/mol. The van der Waals surface area contributed by atoms with Crippen LogP contribution in [0.15, 0.2) is 27.4 Å². The van der Waals surface area contributed by atoms with Gasteiger partial charge in [-0.05, 0) is 31.0 Å². The van der Waals surface area contributed by atoms with E-state index in [4.69, 9.17) is 4.42 Å². The van der Waals surface area contributed by atoms with Crippen LogP contribution in [-0.4, -0.2) is 10.4 Å². The van der Waals surface area contributed by atoms with E-state index in [1.165, 1.54) is 4.57 Å². The van der Waals surface area contributed by atoms with Crippen molar-refractivity contribution in [3.63, 3.8) is 0 Å². The summed E-state index contributed by atoms with van der Waals surface area (Å²) < 4.78 is 6.59. The molecule has 4 nitrogen and oxygen atoms in total. The molecule has 0 unspecified atom stereocenters. The van der Waals surface area contributed by atoms with E-state index in [0.717, 1.165) is 25.7 Å². The molecule has 0 radical (unpaired) electrons. The fourth-order valence-corrected chi connectivity index (χ4v) is 2.63. The molecule has 1 aromatic heterocycles. The smallest absolute Gasteiger partial charge is 0.408 e. The molecule has 1 aromatic carbocycles. The molecule has 20 heavy (non-hydrogen) atoms. The SMILES string of the molecule is CCCC(CCC)C(=O)c1ccc2c(c1)oc(=O)n2C.